The zero-order valence-corrected chi connectivity index (χ0v) is 25.7. The van der Waals surface area contributed by atoms with Gasteiger partial charge < -0.3 is 23.8 Å². The summed E-state index contributed by atoms with van der Waals surface area (Å²) in [7, 11) is -3.48. The molecule has 0 aromatic heterocycles. The van der Waals surface area contributed by atoms with Crippen LogP contribution < -0.4 is 5.09 Å². The number of amides is 1. The highest BCUT2D eigenvalue weighted by Gasteiger charge is 2.43. The van der Waals surface area contributed by atoms with Gasteiger partial charge in [0.25, 0.3) is 5.91 Å². The van der Waals surface area contributed by atoms with Gasteiger partial charge >= 0.3 is 13.6 Å². The summed E-state index contributed by atoms with van der Waals surface area (Å²) in [5.74, 6) is -0.418. The van der Waals surface area contributed by atoms with Crippen molar-refractivity contribution in [3.8, 4) is 0 Å². The number of ether oxygens (including phenoxy) is 4. The summed E-state index contributed by atoms with van der Waals surface area (Å²) in [5.41, 5.74) is 3.21. The largest absolute Gasteiger partial charge is 0.422 e. The second-order valence-electron chi connectivity index (χ2n) is 11.0. The number of hydrogen-bond acceptors (Lipinski definition) is 8. The fraction of sp³-hybridized carbons (Fsp3) is 0.438. The molecular formula is C32H39N4O7P. The molecule has 12 heteroatoms. The topological polar surface area (TPSA) is 110 Å². The third-order valence-electron chi connectivity index (χ3n) is 8.30. The van der Waals surface area contributed by atoms with Gasteiger partial charge in [0.15, 0.2) is 0 Å². The highest BCUT2D eigenvalue weighted by Crippen LogP contribution is 2.51. The highest BCUT2D eigenvalue weighted by molar-refractivity contribution is 7.57. The number of nitrogens with one attached hydrogen (secondary N) is 1. The standard InChI is InChI=1S/C32H39N4O7P/c37-31(33-44(39,35-15-21-41-22-16-35)36-17-23-42-24-18-36)28-12-11-27(29(28)34-13-19-40-20-14-34)30(25-7-3-1-4-8-25)43-32(38)26-9-5-2-6-10-26/h1-10H,11-24H2,(H,33,37,39). The van der Waals surface area contributed by atoms with Gasteiger partial charge in [0.2, 0.25) is 0 Å². The summed E-state index contributed by atoms with van der Waals surface area (Å²) in [4.78, 5) is 29.8. The predicted octanol–water partition coefficient (Wildman–Crippen LogP) is 3.52. The van der Waals surface area contributed by atoms with E-state index in [1.807, 2.05) is 45.7 Å². The van der Waals surface area contributed by atoms with E-state index >= 15 is 0 Å². The van der Waals surface area contributed by atoms with Crippen LogP contribution in [0.5, 0.6) is 0 Å². The van der Waals surface area contributed by atoms with E-state index in [4.69, 9.17) is 18.9 Å². The number of carbonyl (C=O) groups excluding carboxylic acids is 2. The molecule has 1 amide bonds. The number of rotatable bonds is 8. The van der Waals surface area contributed by atoms with Crippen molar-refractivity contribution >= 4 is 25.2 Å². The van der Waals surface area contributed by atoms with Gasteiger partial charge in [0.05, 0.1) is 50.9 Å². The minimum atomic E-state index is -3.48. The molecule has 44 heavy (non-hydrogen) atoms. The monoisotopic (exact) mass is 622 g/mol. The van der Waals surface area contributed by atoms with E-state index in [9.17, 15) is 14.2 Å². The quantitative estimate of drug-likeness (QED) is 0.267. The van der Waals surface area contributed by atoms with Crippen LogP contribution in [0.1, 0.15) is 28.8 Å². The van der Waals surface area contributed by atoms with Crippen molar-refractivity contribution in [2.75, 3.05) is 78.9 Å². The molecule has 6 rings (SSSR count). The second kappa shape index (κ2) is 14.2. The minimum Gasteiger partial charge on any atom is -0.422 e. The molecule has 1 N–H and O–H groups in total. The molecule has 0 radical (unpaired) electrons. The maximum absolute atomic E-state index is 14.8. The van der Waals surface area contributed by atoms with Gasteiger partial charge in [-0.05, 0) is 25.0 Å². The molecule has 1 aliphatic carbocycles. The molecule has 0 bridgehead atoms. The number of morpholine rings is 3. The van der Waals surface area contributed by atoms with Gasteiger partial charge in [-0.25, -0.2) is 14.1 Å². The van der Waals surface area contributed by atoms with E-state index < -0.39 is 13.6 Å². The molecule has 11 nitrogen and oxygen atoms in total. The van der Waals surface area contributed by atoms with Crippen molar-refractivity contribution in [1.82, 2.24) is 19.3 Å². The Balaban J connectivity index is 1.41. The van der Waals surface area contributed by atoms with Crippen molar-refractivity contribution in [2.45, 2.75) is 12.8 Å². The van der Waals surface area contributed by atoms with Crippen molar-refractivity contribution in [1.29, 1.82) is 0 Å². The summed E-state index contributed by atoms with van der Waals surface area (Å²) in [5, 5.41) is 3.02. The Morgan fingerprint density at radius 3 is 1.73 bits per heavy atom. The Morgan fingerprint density at radius 2 is 1.18 bits per heavy atom. The lowest BCUT2D eigenvalue weighted by Gasteiger charge is -2.42. The summed E-state index contributed by atoms with van der Waals surface area (Å²) >= 11 is 0. The van der Waals surface area contributed by atoms with E-state index in [2.05, 4.69) is 9.99 Å². The first kappa shape index (κ1) is 30.7. The van der Waals surface area contributed by atoms with Gasteiger partial charge in [-0.15, -0.1) is 0 Å². The van der Waals surface area contributed by atoms with Crippen LogP contribution in [0.15, 0.2) is 77.5 Å². The van der Waals surface area contributed by atoms with Gasteiger partial charge in [0.1, 0.15) is 5.76 Å². The van der Waals surface area contributed by atoms with Crippen LogP contribution in [0.2, 0.25) is 0 Å². The van der Waals surface area contributed by atoms with Crippen molar-refractivity contribution in [3.63, 3.8) is 0 Å². The summed E-state index contributed by atoms with van der Waals surface area (Å²) in [6.45, 7) is 5.82. The van der Waals surface area contributed by atoms with Gasteiger partial charge in [-0.2, -0.15) is 0 Å². The molecule has 2 aromatic carbocycles. The van der Waals surface area contributed by atoms with Crippen LogP contribution in [0, 0.1) is 0 Å². The molecule has 2 aromatic rings. The molecule has 0 unspecified atom stereocenters. The first-order valence-corrected chi connectivity index (χ1v) is 16.9. The van der Waals surface area contributed by atoms with E-state index in [-0.39, 0.29) is 5.91 Å². The number of hydrogen-bond donors (Lipinski definition) is 1. The lowest BCUT2D eigenvalue weighted by Crippen LogP contribution is -2.48. The molecule has 0 spiro atoms. The third-order valence-corrected chi connectivity index (χ3v) is 11.1. The first-order valence-electron chi connectivity index (χ1n) is 15.3. The third kappa shape index (κ3) is 6.68. The molecular weight excluding hydrogens is 583 g/mol. The lowest BCUT2D eigenvalue weighted by molar-refractivity contribution is -0.116. The van der Waals surface area contributed by atoms with E-state index in [1.54, 1.807) is 24.3 Å². The highest BCUT2D eigenvalue weighted by atomic mass is 31.2. The summed E-state index contributed by atoms with van der Waals surface area (Å²) in [6, 6.07) is 18.4. The number of benzene rings is 2. The van der Waals surface area contributed by atoms with Crippen LogP contribution in [-0.2, 0) is 28.3 Å². The maximum atomic E-state index is 14.8. The van der Waals surface area contributed by atoms with Crippen LogP contribution in [0.4, 0.5) is 0 Å². The fourth-order valence-electron chi connectivity index (χ4n) is 6.06. The number of nitrogens with zero attached hydrogens (tertiary/aromatic N) is 3. The average Bonchev–Trinajstić information content (AvgIpc) is 3.54. The van der Waals surface area contributed by atoms with Crippen molar-refractivity contribution in [3.05, 3.63) is 88.6 Å². The van der Waals surface area contributed by atoms with Gasteiger partial charge in [-0.1, -0.05) is 48.5 Å². The van der Waals surface area contributed by atoms with Crippen molar-refractivity contribution in [2.24, 2.45) is 0 Å². The van der Waals surface area contributed by atoms with E-state index in [0.717, 1.165) is 16.8 Å². The molecule has 3 saturated heterocycles. The summed E-state index contributed by atoms with van der Waals surface area (Å²) in [6.07, 6.45) is 0.903. The Hall–Kier alpha value is -3.31. The molecule has 0 atom stereocenters. The Kier molecular flexibility index (Phi) is 9.91. The molecule has 3 heterocycles. The Labute approximate surface area is 257 Å². The van der Waals surface area contributed by atoms with Crippen LogP contribution in [0.25, 0.3) is 5.76 Å². The summed E-state index contributed by atoms with van der Waals surface area (Å²) < 4.78 is 41.4. The smallest absolute Gasteiger partial charge is 0.343 e. The SMILES string of the molecule is O=C(NP(=O)(N1CCOCC1)N1CCOCC1)C1=C(N2CCOCC2)C(=C(OC(=O)c2ccccc2)c2ccccc2)CC1. The zero-order valence-electron chi connectivity index (χ0n) is 24.8. The van der Waals surface area contributed by atoms with E-state index in [0.29, 0.717) is 109 Å². The normalized spacial score (nSPS) is 21.7. The van der Waals surface area contributed by atoms with Crippen molar-refractivity contribution < 1.29 is 33.1 Å². The molecule has 234 valence electrons. The fourth-order valence-corrected chi connectivity index (χ4v) is 8.51. The molecule has 3 fully saturated rings. The first-order chi connectivity index (χ1) is 21.5. The Bertz CT molecular complexity index is 1410. The molecule has 3 aliphatic heterocycles. The second-order valence-corrected chi connectivity index (χ2v) is 13.4. The maximum Gasteiger partial charge on any atom is 0.343 e. The number of allylic oxidation sites excluding steroid dienone is 1. The van der Waals surface area contributed by atoms with E-state index in [1.165, 1.54) is 0 Å². The van der Waals surface area contributed by atoms with Crippen LogP contribution in [0.3, 0.4) is 0 Å². The molecule has 4 aliphatic rings. The zero-order chi connectivity index (χ0) is 30.4. The van der Waals surface area contributed by atoms with Crippen LogP contribution in [-0.4, -0.2) is 105 Å². The number of esters is 1. The Morgan fingerprint density at radius 1 is 0.682 bits per heavy atom. The average molecular weight is 623 g/mol. The minimum absolute atomic E-state index is 0.371. The lowest BCUT2D eigenvalue weighted by atomic mass is 10.0. The van der Waals surface area contributed by atoms with Gasteiger partial charge in [0, 0.05) is 56.0 Å². The molecule has 0 saturated carbocycles. The number of carbonyl (C=O) groups is 2. The van der Waals surface area contributed by atoms with Gasteiger partial charge in [-0.3, -0.25) is 14.4 Å². The predicted molar refractivity (Wildman–Crippen MR) is 164 cm³/mol. The van der Waals surface area contributed by atoms with Crippen LogP contribution >= 0.6 is 7.59 Å².